The van der Waals surface area contributed by atoms with Gasteiger partial charge in [-0.2, -0.15) is 0 Å². The Kier molecular flexibility index (Phi) is 5.16. The number of hydrogen-bond donors (Lipinski definition) is 1. The summed E-state index contributed by atoms with van der Waals surface area (Å²) >= 11 is 0. The van der Waals surface area contributed by atoms with Crippen molar-refractivity contribution >= 4 is 0 Å². The molecule has 0 saturated carbocycles. The number of nitrogens with one attached hydrogen (secondary N) is 1. The molecule has 0 atom stereocenters. The van der Waals surface area contributed by atoms with Crippen molar-refractivity contribution in [3.8, 4) is 22.8 Å². The molecule has 0 fully saturated rings. The Balaban J connectivity index is 1.55. The van der Waals surface area contributed by atoms with Crippen LogP contribution < -0.4 is 9.47 Å². The molecule has 134 valence electrons. The SMILES string of the molecule is c1ccc(COc2ccc(-c3cnc[nH]3)c(OCc3ccccc3)c2)cc1. The van der Waals surface area contributed by atoms with Gasteiger partial charge in [-0.05, 0) is 23.3 Å². The van der Waals surface area contributed by atoms with Crippen LogP contribution in [0, 0.1) is 0 Å². The normalized spacial score (nSPS) is 10.5. The molecule has 3 aromatic carbocycles. The van der Waals surface area contributed by atoms with Crippen LogP contribution in [0.1, 0.15) is 11.1 Å². The summed E-state index contributed by atoms with van der Waals surface area (Å²) < 4.78 is 12.1. The van der Waals surface area contributed by atoms with Gasteiger partial charge in [0.2, 0.25) is 0 Å². The van der Waals surface area contributed by atoms with Gasteiger partial charge in [0.15, 0.2) is 0 Å². The van der Waals surface area contributed by atoms with E-state index in [1.54, 1.807) is 12.5 Å². The van der Waals surface area contributed by atoms with Crippen molar-refractivity contribution in [2.75, 3.05) is 0 Å². The summed E-state index contributed by atoms with van der Waals surface area (Å²) in [6.45, 7) is 1.01. The van der Waals surface area contributed by atoms with E-state index in [4.69, 9.17) is 9.47 Å². The van der Waals surface area contributed by atoms with Crippen molar-refractivity contribution in [1.82, 2.24) is 9.97 Å². The first-order valence-corrected chi connectivity index (χ1v) is 8.85. The minimum Gasteiger partial charge on any atom is -0.489 e. The summed E-state index contributed by atoms with van der Waals surface area (Å²) in [6, 6.07) is 26.1. The molecule has 0 radical (unpaired) electrons. The van der Waals surface area contributed by atoms with Crippen LogP contribution in [0.5, 0.6) is 11.5 Å². The molecule has 27 heavy (non-hydrogen) atoms. The zero-order valence-corrected chi connectivity index (χ0v) is 14.8. The van der Waals surface area contributed by atoms with Gasteiger partial charge in [0.25, 0.3) is 0 Å². The zero-order chi connectivity index (χ0) is 18.3. The summed E-state index contributed by atoms with van der Waals surface area (Å²) in [7, 11) is 0. The second-order valence-electron chi connectivity index (χ2n) is 6.17. The standard InChI is InChI=1S/C23H20N2O2/c1-3-7-18(8-4-1)15-26-20-11-12-21(22-14-24-17-25-22)23(13-20)27-16-19-9-5-2-6-10-19/h1-14,17H,15-16H2,(H,24,25). The Morgan fingerprint density at radius 2 is 1.41 bits per heavy atom. The number of hydrogen-bond acceptors (Lipinski definition) is 3. The quantitative estimate of drug-likeness (QED) is 0.493. The van der Waals surface area contributed by atoms with E-state index in [1.807, 2.05) is 78.9 Å². The summed E-state index contributed by atoms with van der Waals surface area (Å²) in [5.41, 5.74) is 4.11. The summed E-state index contributed by atoms with van der Waals surface area (Å²) in [4.78, 5) is 7.25. The molecule has 0 aliphatic rings. The number of nitrogens with zero attached hydrogens (tertiary/aromatic N) is 1. The van der Waals surface area contributed by atoms with E-state index in [0.717, 1.165) is 33.9 Å². The molecule has 0 aliphatic heterocycles. The van der Waals surface area contributed by atoms with Crippen LogP contribution in [-0.4, -0.2) is 9.97 Å². The van der Waals surface area contributed by atoms with Crippen LogP contribution in [-0.2, 0) is 13.2 Å². The van der Waals surface area contributed by atoms with Gasteiger partial charge < -0.3 is 14.5 Å². The van der Waals surface area contributed by atoms with E-state index in [-0.39, 0.29) is 0 Å². The lowest BCUT2D eigenvalue weighted by molar-refractivity contribution is 0.291. The maximum Gasteiger partial charge on any atom is 0.132 e. The molecule has 4 rings (SSSR count). The summed E-state index contributed by atoms with van der Waals surface area (Å²) in [5.74, 6) is 1.53. The largest absolute Gasteiger partial charge is 0.489 e. The Morgan fingerprint density at radius 1 is 0.741 bits per heavy atom. The number of imidazole rings is 1. The third-order valence-electron chi connectivity index (χ3n) is 4.23. The molecule has 0 spiro atoms. The van der Waals surface area contributed by atoms with Gasteiger partial charge >= 0.3 is 0 Å². The summed E-state index contributed by atoms with van der Waals surface area (Å²) in [6.07, 6.45) is 3.45. The Morgan fingerprint density at radius 3 is 2.04 bits per heavy atom. The van der Waals surface area contributed by atoms with Crippen molar-refractivity contribution in [2.24, 2.45) is 0 Å². The average Bonchev–Trinajstić information content (AvgIpc) is 3.27. The van der Waals surface area contributed by atoms with Crippen LogP contribution in [0.4, 0.5) is 0 Å². The highest BCUT2D eigenvalue weighted by molar-refractivity contribution is 5.68. The Labute approximate surface area is 158 Å². The lowest BCUT2D eigenvalue weighted by Gasteiger charge is -2.13. The molecule has 1 N–H and O–H groups in total. The molecule has 4 heteroatoms. The topological polar surface area (TPSA) is 47.1 Å². The van der Waals surface area contributed by atoms with Crippen molar-refractivity contribution in [2.45, 2.75) is 13.2 Å². The molecular weight excluding hydrogens is 336 g/mol. The summed E-state index contributed by atoms with van der Waals surface area (Å²) in [5, 5.41) is 0. The lowest BCUT2D eigenvalue weighted by atomic mass is 10.1. The molecule has 0 bridgehead atoms. The highest BCUT2D eigenvalue weighted by atomic mass is 16.5. The van der Waals surface area contributed by atoms with E-state index in [9.17, 15) is 0 Å². The van der Waals surface area contributed by atoms with E-state index in [1.165, 1.54) is 0 Å². The van der Waals surface area contributed by atoms with Crippen molar-refractivity contribution in [3.05, 3.63) is 103 Å². The molecule has 4 nitrogen and oxygen atoms in total. The number of aromatic nitrogens is 2. The molecule has 0 saturated heterocycles. The fraction of sp³-hybridized carbons (Fsp3) is 0.0870. The Hall–Kier alpha value is -3.53. The number of aromatic amines is 1. The van der Waals surface area contributed by atoms with Crippen molar-refractivity contribution in [1.29, 1.82) is 0 Å². The lowest BCUT2D eigenvalue weighted by Crippen LogP contribution is -1.99. The molecule has 0 amide bonds. The van der Waals surface area contributed by atoms with Crippen LogP contribution >= 0.6 is 0 Å². The molecule has 1 heterocycles. The van der Waals surface area contributed by atoms with Crippen LogP contribution in [0.2, 0.25) is 0 Å². The highest BCUT2D eigenvalue weighted by Gasteiger charge is 2.10. The Bertz CT molecular complexity index is 968. The zero-order valence-electron chi connectivity index (χ0n) is 14.8. The number of benzene rings is 3. The smallest absolute Gasteiger partial charge is 0.132 e. The highest BCUT2D eigenvalue weighted by Crippen LogP contribution is 2.33. The minimum atomic E-state index is 0.490. The molecular formula is C23H20N2O2. The fourth-order valence-corrected chi connectivity index (χ4v) is 2.81. The molecule has 0 aliphatic carbocycles. The third kappa shape index (κ3) is 4.36. The van der Waals surface area contributed by atoms with E-state index >= 15 is 0 Å². The third-order valence-corrected chi connectivity index (χ3v) is 4.23. The second-order valence-corrected chi connectivity index (χ2v) is 6.17. The van der Waals surface area contributed by atoms with E-state index in [2.05, 4.69) is 9.97 Å². The van der Waals surface area contributed by atoms with E-state index < -0.39 is 0 Å². The first-order valence-electron chi connectivity index (χ1n) is 8.85. The fourth-order valence-electron chi connectivity index (χ4n) is 2.81. The van der Waals surface area contributed by atoms with Gasteiger partial charge in [-0.3, -0.25) is 0 Å². The molecule has 0 unspecified atom stereocenters. The van der Waals surface area contributed by atoms with Crippen LogP contribution in [0.15, 0.2) is 91.4 Å². The number of rotatable bonds is 7. The van der Waals surface area contributed by atoms with Gasteiger partial charge in [-0.1, -0.05) is 60.7 Å². The first-order chi connectivity index (χ1) is 13.4. The van der Waals surface area contributed by atoms with Gasteiger partial charge in [0.1, 0.15) is 24.7 Å². The van der Waals surface area contributed by atoms with Crippen molar-refractivity contribution in [3.63, 3.8) is 0 Å². The van der Waals surface area contributed by atoms with Crippen LogP contribution in [0.25, 0.3) is 11.3 Å². The van der Waals surface area contributed by atoms with Gasteiger partial charge in [-0.25, -0.2) is 4.98 Å². The number of ether oxygens (including phenoxy) is 2. The maximum atomic E-state index is 6.11. The van der Waals surface area contributed by atoms with Gasteiger partial charge in [-0.15, -0.1) is 0 Å². The van der Waals surface area contributed by atoms with E-state index in [0.29, 0.717) is 13.2 Å². The monoisotopic (exact) mass is 356 g/mol. The predicted molar refractivity (Wildman–Crippen MR) is 106 cm³/mol. The maximum absolute atomic E-state index is 6.11. The second kappa shape index (κ2) is 8.23. The van der Waals surface area contributed by atoms with Gasteiger partial charge in [0, 0.05) is 11.6 Å². The van der Waals surface area contributed by atoms with Crippen molar-refractivity contribution < 1.29 is 9.47 Å². The number of H-pyrrole nitrogens is 1. The average molecular weight is 356 g/mol. The minimum absolute atomic E-state index is 0.490. The predicted octanol–water partition coefficient (Wildman–Crippen LogP) is 5.23. The first kappa shape index (κ1) is 16.9. The molecule has 4 aromatic rings. The van der Waals surface area contributed by atoms with Crippen LogP contribution in [0.3, 0.4) is 0 Å². The molecule has 1 aromatic heterocycles. The van der Waals surface area contributed by atoms with Gasteiger partial charge in [0.05, 0.1) is 18.2 Å².